The van der Waals surface area contributed by atoms with Gasteiger partial charge in [-0.05, 0) is 24.0 Å². The Morgan fingerprint density at radius 1 is 1.32 bits per heavy atom. The van der Waals surface area contributed by atoms with Crippen molar-refractivity contribution in [3.8, 4) is 0 Å². The molecule has 0 bridgehead atoms. The monoisotopic (exact) mass is 320 g/mol. The number of benzene rings is 1. The zero-order valence-electron chi connectivity index (χ0n) is 12.9. The number of carbonyl (C=O) groups is 2. The molecule has 6 heteroatoms. The molecule has 2 saturated heterocycles. The van der Waals surface area contributed by atoms with Gasteiger partial charge in [-0.1, -0.05) is 12.1 Å². The van der Waals surface area contributed by atoms with Crippen LogP contribution in [0.4, 0.5) is 4.79 Å². The molecule has 2 aliphatic heterocycles. The minimum Gasteiger partial charge on any atom is -0.439 e. The van der Waals surface area contributed by atoms with E-state index in [2.05, 4.69) is 0 Å². The molecule has 3 rings (SSSR count). The normalized spacial score (nSPS) is 24.2. The highest BCUT2D eigenvalue weighted by Crippen LogP contribution is 2.32. The Morgan fingerprint density at radius 2 is 2.05 bits per heavy atom. The van der Waals surface area contributed by atoms with Gasteiger partial charge in [0.25, 0.3) is 0 Å². The number of thioether (sulfide) groups is 1. The highest BCUT2D eigenvalue weighted by atomic mass is 32.2. The van der Waals surface area contributed by atoms with Crippen LogP contribution in [0.1, 0.15) is 12.0 Å². The van der Waals surface area contributed by atoms with E-state index < -0.39 is 5.60 Å². The first kappa shape index (κ1) is 15.2. The van der Waals surface area contributed by atoms with Gasteiger partial charge in [-0.3, -0.25) is 4.79 Å². The highest BCUT2D eigenvalue weighted by Gasteiger charge is 2.49. The molecule has 0 N–H and O–H groups in total. The summed E-state index contributed by atoms with van der Waals surface area (Å²) in [5.74, 6) is 0.0966. The average Bonchev–Trinajstić information content (AvgIpc) is 3.03. The second-order valence-electron chi connectivity index (χ2n) is 6.00. The zero-order chi connectivity index (χ0) is 15.7. The predicted octanol–water partition coefficient (Wildman–Crippen LogP) is 2.00. The van der Waals surface area contributed by atoms with E-state index in [9.17, 15) is 9.59 Å². The number of hydrogen-bond donors (Lipinski definition) is 0. The second kappa shape index (κ2) is 5.83. The van der Waals surface area contributed by atoms with Crippen LogP contribution in [0.2, 0.25) is 0 Å². The molecule has 1 atom stereocenters. The first-order valence-electron chi connectivity index (χ1n) is 7.36. The summed E-state index contributed by atoms with van der Waals surface area (Å²) in [5.41, 5.74) is 0.522. The molecule has 1 spiro atoms. The van der Waals surface area contributed by atoms with Crippen LogP contribution in [-0.2, 0) is 16.0 Å². The molecule has 0 saturated carbocycles. The van der Waals surface area contributed by atoms with Gasteiger partial charge in [-0.25, -0.2) is 4.79 Å². The van der Waals surface area contributed by atoms with E-state index in [1.807, 2.05) is 35.4 Å². The van der Waals surface area contributed by atoms with E-state index in [1.165, 1.54) is 4.90 Å². The molecular formula is C16H20N2O3S. The van der Waals surface area contributed by atoms with Crippen molar-refractivity contribution in [2.45, 2.75) is 23.3 Å². The minimum atomic E-state index is -0.496. The van der Waals surface area contributed by atoms with Gasteiger partial charge in [0.1, 0.15) is 0 Å². The van der Waals surface area contributed by atoms with E-state index in [-0.39, 0.29) is 12.0 Å². The van der Waals surface area contributed by atoms with Crippen LogP contribution in [0.5, 0.6) is 0 Å². The molecule has 2 heterocycles. The molecule has 22 heavy (non-hydrogen) atoms. The van der Waals surface area contributed by atoms with Gasteiger partial charge in [0.2, 0.25) is 5.91 Å². The molecule has 118 valence electrons. The number of nitrogens with zero attached hydrogens (tertiary/aromatic N) is 2. The number of likely N-dealkylation sites (N-methyl/N-ethyl adjacent to an activating group) is 1. The lowest BCUT2D eigenvalue weighted by molar-refractivity contribution is -0.130. The first-order valence-corrected chi connectivity index (χ1v) is 8.59. The number of carbonyl (C=O) groups excluding carboxylic acids is 2. The minimum absolute atomic E-state index is 0.0966. The fourth-order valence-corrected chi connectivity index (χ4v) is 3.50. The van der Waals surface area contributed by atoms with E-state index in [0.29, 0.717) is 26.1 Å². The lowest BCUT2D eigenvalue weighted by Gasteiger charge is -2.21. The molecule has 1 aromatic carbocycles. The Hall–Kier alpha value is -1.69. The number of likely N-dealkylation sites (tertiary alicyclic amines) is 1. The van der Waals surface area contributed by atoms with E-state index >= 15 is 0 Å². The molecule has 2 fully saturated rings. The van der Waals surface area contributed by atoms with Crippen molar-refractivity contribution in [1.29, 1.82) is 0 Å². The molecule has 0 aromatic heterocycles. The highest BCUT2D eigenvalue weighted by molar-refractivity contribution is 7.98. The van der Waals surface area contributed by atoms with Crippen molar-refractivity contribution < 1.29 is 14.3 Å². The van der Waals surface area contributed by atoms with Gasteiger partial charge in [0.15, 0.2) is 5.60 Å². The Morgan fingerprint density at radius 3 is 2.64 bits per heavy atom. The van der Waals surface area contributed by atoms with Crippen molar-refractivity contribution in [1.82, 2.24) is 9.80 Å². The van der Waals surface area contributed by atoms with Crippen molar-refractivity contribution >= 4 is 23.8 Å². The van der Waals surface area contributed by atoms with Gasteiger partial charge in [-0.2, -0.15) is 0 Å². The third-order valence-electron chi connectivity index (χ3n) is 4.32. The van der Waals surface area contributed by atoms with Gasteiger partial charge in [-0.15, -0.1) is 11.8 Å². The zero-order valence-corrected chi connectivity index (χ0v) is 13.7. The molecular weight excluding hydrogens is 300 g/mol. The Balaban J connectivity index is 1.60. The molecule has 2 aliphatic rings. The van der Waals surface area contributed by atoms with Crippen molar-refractivity contribution in [2.75, 3.05) is 32.9 Å². The molecule has 0 aliphatic carbocycles. The van der Waals surface area contributed by atoms with Gasteiger partial charge in [0.05, 0.1) is 19.5 Å². The fourth-order valence-electron chi connectivity index (χ4n) is 3.09. The maximum atomic E-state index is 12.4. The van der Waals surface area contributed by atoms with Gasteiger partial charge in [0, 0.05) is 24.9 Å². The second-order valence-corrected chi connectivity index (χ2v) is 6.88. The Bertz CT molecular complexity index is 590. The number of hydrogen-bond acceptors (Lipinski definition) is 4. The van der Waals surface area contributed by atoms with Crippen molar-refractivity contribution in [3.05, 3.63) is 29.8 Å². The lowest BCUT2D eigenvalue weighted by Crippen LogP contribution is -2.39. The molecule has 1 aromatic rings. The van der Waals surface area contributed by atoms with Gasteiger partial charge >= 0.3 is 6.09 Å². The Kier molecular flexibility index (Phi) is 4.04. The van der Waals surface area contributed by atoms with Crippen LogP contribution in [0.15, 0.2) is 29.2 Å². The largest absolute Gasteiger partial charge is 0.439 e. The van der Waals surface area contributed by atoms with Crippen LogP contribution in [0.25, 0.3) is 0 Å². The number of amides is 2. The molecule has 5 nitrogen and oxygen atoms in total. The predicted molar refractivity (Wildman–Crippen MR) is 85.0 cm³/mol. The average molecular weight is 320 g/mol. The van der Waals surface area contributed by atoms with E-state index in [4.69, 9.17) is 4.74 Å². The SMILES string of the molecule is CSc1ccc(CC(=O)N2CCC3(CN(C)C(=O)O3)C2)cc1. The topological polar surface area (TPSA) is 49.9 Å². The smallest absolute Gasteiger partial charge is 0.410 e. The van der Waals surface area contributed by atoms with Crippen LogP contribution >= 0.6 is 11.8 Å². The third-order valence-corrected chi connectivity index (χ3v) is 5.07. The third kappa shape index (κ3) is 2.92. The van der Waals surface area contributed by atoms with Crippen molar-refractivity contribution in [3.63, 3.8) is 0 Å². The standard InChI is InChI=1S/C16H20N2O3S/c1-17-10-16(21-15(17)20)7-8-18(11-16)14(19)9-12-3-5-13(22-2)6-4-12/h3-6H,7-11H2,1-2H3. The number of rotatable bonds is 3. The maximum absolute atomic E-state index is 12.4. The summed E-state index contributed by atoms with van der Waals surface area (Å²) < 4.78 is 5.47. The molecule has 0 radical (unpaired) electrons. The molecule has 1 unspecified atom stereocenters. The van der Waals surface area contributed by atoms with Crippen LogP contribution < -0.4 is 0 Å². The summed E-state index contributed by atoms with van der Waals surface area (Å²) in [6.45, 7) is 1.73. The summed E-state index contributed by atoms with van der Waals surface area (Å²) in [4.78, 5) is 28.6. The first-order chi connectivity index (χ1) is 10.5. The maximum Gasteiger partial charge on any atom is 0.410 e. The lowest BCUT2D eigenvalue weighted by atomic mass is 10.0. The summed E-state index contributed by atoms with van der Waals surface area (Å²) in [6, 6.07) is 8.07. The van der Waals surface area contributed by atoms with E-state index in [1.54, 1.807) is 23.7 Å². The van der Waals surface area contributed by atoms with Crippen LogP contribution in [-0.4, -0.2) is 60.3 Å². The summed E-state index contributed by atoms with van der Waals surface area (Å²) in [6.07, 6.45) is 2.86. The summed E-state index contributed by atoms with van der Waals surface area (Å²) in [7, 11) is 1.73. The summed E-state index contributed by atoms with van der Waals surface area (Å²) in [5, 5.41) is 0. The number of ether oxygens (including phenoxy) is 1. The van der Waals surface area contributed by atoms with Crippen molar-refractivity contribution in [2.24, 2.45) is 0 Å². The van der Waals surface area contributed by atoms with Gasteiger partial charge < -0.3 is 14.5 Å². The summed E-state index contributed by atoms with van der Waals surface area (Å²) >= 11 is 1.69. The molecule has 2 amide bonds. The Labute approximate surface area is 134 Å². The van der Waals surface area contributed by atoms with Crippen LogP contribution in [0, 0.1) is 0 Å². The van der Waals surface area contributed by atoms with E-state index in [0.717, 1.165) is 12.0 Å². The van der Waals surface area contributed by atoms with Crippen LogP contribution in [0.3, 0.4) is 0 Å². The quantitative estimate of drug-likeness (QED) is 0.800. The fraction of sp³-hybridized carbons (Fsp3) is 0.500.